The second kappa shape index (κ2) is 11.0. The first kappa shape index (κ1) is 27.0. The van der Waals surface area contributed by atoms with Gasteiger partial charge in [-0.15, -0.1) is 0 Å². The van der Waals surface area contributed by atoms with E-state index in [1.807, 2.05) is 0 Å². The van der Waals surface area contributed by atoms with Crippen molar-refractivity contribution in [1.29, 1.82) is 0 Å². The van der Waals surface area contributed by atoms with E-state index in [2.05, 4.69) is 0 Å². The first-order chi connectivity index (χ1) is 15.5. The highest BCUT2D eigenvalue weighted by Crippen LogP contribution is 2.29. The molecule has 0 amide bonds. The summed E-state index contributed by atoms with van der Waals surface area (Å²) in [4.78, 5) is 0. The van der Waals surface area contributed by atoms with E-state index in [4.69, 9.17) is 23.7 Å². The van der Waals surface area contributed by atoms with Gasteiger partial charge in [0.15, 0.2) is 18.9 Å². The van der Waals surface area contributed by atoms with Crippen molar-refractivity contribution in [3.8, 4) is 0 Å². The fourth-order valence-electron chi connectivity index (χ4n) is 3.89. The van der Waals surface area contributed by atoms with Crippen LogP contribution in [-0.4, -0.2) is 156 Å². The first-order valence-electron chi connectivity index (χ1n) is 10.4. The molecular weight excluding hydrogens is 456 g/mol. The molecule has 0 aliphatic carbocycles. The molecule has 3 aliphatic rings. The number of hydrogen-bond donors (Lipinski definition) is 10. The van der Waals surface area contributed by atoms with Crippen LogP contribution in [-0.2, 0) is 23.7 Å². The van der Waals surface area contributed by atoms with Crippen LogP contribution >= 0.6 is 0 Å². The summed E-state index contributed by atoms with van der Waals surface area (Å²) in [5, 5.41) is 99.5. The minimum atomic E-state index is -1.88. The molecule has 0 radical (unpaired) electrons. The minimum absolute atomic E-state index is 0.570. The highest BCUT2D eigenvalue weighted by Gasteiger charge is 2.50. The molecule has 3 saturated heterocycles. The van der Waals surface area contributed by atoms with Gasteiger partial charge in [-0.2, -0.15) is 0 Å². The van der Waals surface area contributed by atoms with Gasteiger partial charge >= 0.3 is 0 Å². The number of hydrogen-bond acceptors (Lipinski definition) is 15. The van der Waals surface area contributed by atoms with Gasteiger partial charge in [-0.05, 0) is 6.92 Å². The lowest BCUT2D eigenvalue weighted by Gasteiger charge is -2.45. The summed E-state index contributed by atoms with van der Waals surface area (Å²) in [6.07, 6.45) is -23.5. The monoisotopic (exact) mass is 488 g/mol. The van der Waals surface area contributed by atoms with E-state index in [0.29, 0.717) is 0 Å². The van der Waals surface area contributed by atoms with Crippen LogP contribution in [0.5, 0.6) is 0 Å². The van der Waals surface area contributed by atoms with Crippen molar-refractivity contribution < 1.29 is 74.7 Å². The summed E-state index contributed by atoms with van der Waals surface area (Å²) in [6, 6.07) is 0. The van der Waals surface area contributed by atoms with Crippen LogP contribution in [0, 0.1) is 0 Å². The zero-order valence-corrected chi connectivity index (χ0v) is 17.6. The van der Waals surface area contributed by atoms with Crippen LogP contribution in [0.4, 0.5) is 0 Å². The Bertz CT molecular complexity index is 624. The Morgan fingerprint density at radius 2 is 1.21 bits per heavy atom. The van der Waals surface area contributed by atoms with Gasteiger partial charge in [0.2, 0.25) is 0 Å². The lowest BCUT2D eigenvalue weighted by Crippen LogP contribution is -2.64. The van der Waals surface area contributed by atoms with Gasteiger partial charge in [0, 0.05) is 0 Å². The van der Waals surface area contributed by atoms with Gasteiger partial charge in [-0.25, -0.2) is 0 Å². The lowest BCUT2D eigenvalue weighted by atomic mass is 9.97. The Labute approximate surface area is 187 Å². The molecule has 33 heavy (non-hydrogen) atoms. The van der Waals surface area contributed by atoms with Crippen molar-refractivity contribution in [2.45, 2.75) is 99.0 Å². The maximum absolute atomic E-state index is 10.6. The average molecular weight is 488 g/mol. The van der Waals surface area contributed by atoms with Crippen molar-refractivity contribution in [1.82, 2.24) is 0 Å². The van der Waals surface area contributed by atoms with Crippen LogP contribution in [0.3, 0.4) is 0 Å². The maximum Gasteiger partial charge on any atom is 0.187 e. The molecule has 15 atom stereocenters. The van der Waals surface area contributed by atoms with Crippen molar-refractivity contribution in [2.75, 3.05) is 13.2 Å². The molecular formula is C18H32O15. The number of rotatable bonds is 6. The second-order valence-electron chi connectivity index (χ2n) is 8.36. The molecule has 3 rings (SSSR count). The predicted octanol–water partition coefficient (Wildman–Crippen LogP) is -6.55. The van der Waals surface area contributed by atoms with Crippen molar-refractivity contribution >= 4 is 0 Å². The standard InChI is InChI=1S/C18H32O15/c1-4-7(20)10(23)13(26)18(30-4)33-15-9(22)6(31-16(28)14(15)27)3-29-17-12(25)11(24)8(21)5(2-19)32-17/h4-28H,2-3H2,1H3/t4-,5-,6-,7-,8-,9-,10+,11+,12+,13+,14+,15+,16?,17+,18-/m1/s1. The molecule has 3 fully saturated rings. The minimum Gasteiger partial charge on any atom is -0.394 e. The third kappa shape index (κ3) is 5.48. The molecule has 0 spiro atoms. The lowest BCUT2D eigenvalue weighted by molar-refractivity contribution is -0.359. The highest BCUT2D eigenvalue weighted by atomic mass is 16.7. The SMILES string of the molecule is C[C@H]1O[C@H](O[C@H]2[C@H](O)[C@@H](CO[C@H]3O[C@H](CO)[C@@H](O)[C@H](O)[C@@H]3O)OC(O)[C@H]2O)[C@@H](O)[C@@H](O)[C@@H]1O. The zero-order chi connectivity index (χ0) is 24.6. The average Bonchev–Trinajstić information content (AvgIpc) is 2.79. The van der Waals surface area contributed by atoms with E-state index >= 15 is 0 Å². The number of aliphatic hydroxyl groups excluding tert-OH is 10. The summed E-state index contributed by atoms with van der Waals surface area (Å²) >= 11 is 0. The summed E-state index contributed by atoms with van der Waals surface area (Å²) in [5.41, 5.74) is 0. The topological polar surface area (TPSA) is 248 Å². The van der Waals surface area contributed by atoms with E-state index in [0.717, 1.165) is 0 Å². The Balaban J connectivity index is 1.64. The van der Waals surface area contributed by atoms with Crippen LogP contribution in [0.15, 0.2) is 0 Å². The third-order valence-electron chi connectivity index (χ3n) is 6.03. The fourth-order valence-corrected chi connectivity index (χ4v) is 3.89. The summed E-state index contributed by atoms with van der Waals surface area (Å²) in [7, 11) is 0. The molecule has 0 aromatic carbocycles. The van der Waals surface area contributed by atoms with E-state index in [-0.39, 0.29) is 0 Å². The molecule has 1 unspecified atom stereocenters. The molecule has 15 nitrogen and oxygen atoms in total. The predicted molar refractivity (Wildman–Crippen MR) is 99.8 cm³/mol. The van der Waals surface area contributed by atoms with E-state index < -0.39 is 105 Å². The molecule has 3 heterocycles. The van der Waals surface area contributed by atoms with Gasteiger partial charge in [-0.1, -0.05) is 0 Å². The summed E-state index contributed by atoms with van der Waals surface area (Å²) in [6.45, 7) is 0.148. The molecule has 15 heteroatoms. The molecule has 3 aliphatic heterocycles. The largest absolute Gasteiger partial charge is 0.394 e. The first-order valence-corrected chi connectivity index (χ1v) is 10.4. The Morgan fingerprint density at radius 3 is 1.85 bits per heavy atom. The quantitative estimate of drug-likeness (QED) is 0.167. The summed E-state index contributed by atoms with van der Waals surface area (Å²) < 4.78 is 26.3. The highest BCUT2D eigenvalue weighted by molar-refractivity contribution is 4.94. The second-order valence-corrected chi connectivity index (χ2v) is 8.36. The van der Waals surface area contributed by atoms with Crippen LogP contribution in [0.1, 0.15) is 6.92 Å². The molecule has 0 saturated carbocycles. The number of aliphatic hydroxyl groups is 10. The number of ether oxygens (including phenoxy) is 5. The maximum atomic E-state index is 10.6. The van der Waals surface area contributed by atoms with Gasteiger partial charge in [0.05, 0.1) is 19.3 Å². The zero-order valence-electron chi connectivity index (χ0n) is 17.6. The Kier molecular flexibility index (Phi) is 8.99. The van der Waals surface area contributed by atoms with Crippen LogP contribution in [0.2, 0.25) is 0 Å². The van der Waals surface area contributed by atoms with Crippen molar-refractivity contribution in [3.05, 3.63) is 0 Å². The van der Waals surface area contributed by atoms with Crippen molar-refractivity contribution in [2.24, 2.45) is 0 Å². The van der Waals surface area contributed by atoms with E-state index in [1.165, 1.54) is 6.92 Å². The molecule has 0 aromatic heterocycles. The van der Waals surface area contributed by atoms with Gasteiger partial charge in [0.25, 0.3) is 0 Å². The molecule has 0 bridgehead atoms. The van der Waals surface area contributed by atoms with Crippen LogP contribution in [0.25, 0.3) is 0 Å². The normalized spacial score (nSPS) is 53.7. The molecule has 194 valence electrons. The Morgan fingerprint density at radius 1 is 0.606 bits per heavy atom. The van der Waals surface area contributed by atoms with Crippen molar-refractivity contribution in [3.63, 3.8) is 0 Å². The molecule has 10 N–H and O–H groups in total. The van der Waals surface area contributed by atoms with Gasteiger partial charge in [0.1, 0.15) is 67.1 Å². The fraction of sp³-hybridized carbons (Fsp3) is 1.00. The Hall–Kier alpha value is -0.600. The smallest absolute Gasteiger partial charge is 0.187 e. The van der Waals surface area contributed by atoms with Gasteiger partial charge < -0.3 is 74.7 Å². The summed E-state index contributed by atoms with van der Waals surface area (Å²) in [5.74, 6) is 0. The third-order valence-corrected chi connectivity index (χ3v) is 6.03. The van der Waals surface area contributed by atoms with Crippen LogP contribution < -0.4 is 0 Å². The van der Waals surface area contributed by atoms with Gasteiger partial charge in [-0.3, -0.25) is 0 Å². The molecule has 0 aromatic rings. The van der Waals surface area contributed by atoms with E-state index in [1.54, 1.807) is 0 Å². The van der Waals surface area contributed by atoms with E-state index in [9.17, 15) is 51.1 Å².